The molecular weight excluding hydrogens is 359 g/mol. The van der Waals surface area contributed by atoms with Crippen molar-refractivity contribution in [2.24, 2.45) is 0 Å². The van der Waals surface area contributed by atoms with Crippen molar-refractivity contribution in [3.8, 4) is 0 Å². The minimum Gasteiger partial charge on any atom is -0.468 e. The first-order valence-corrected chi connectivity index (χ1v) is 9.32. The van der Waals surface area contributed by atoms with E-state index >= 15 is 0 Å². The van der Waals surface area contributed by atoms with Crippen molar-refractivity contribution in [3.63, 3.8) is 0 Å². The van der Waals surface area contributed by atoms with Crippen LogP contribution in [0.5, 0.6) is 0 Å². The Kier molecular flexibility index (Phi) is 6.26. The summed E-state index contributed by atoms with van der Waals surface area (Å²) in [5, 5.41) is 0. The minimum absolute atomic E-state index is 0.218. The lowest BCUT2D eigenvalue weighted by atomic mass is 10.0. The van der Waals surface area contributed by atoms with E-state index in [1.54, 1.807) is 6.07 Å². The summed E-state index contributed by atoms with van der Waals surface area (Å²) < 4.78 is 43.5. The Hall–Kier alpha value is -1.80. The number of halogens is 3. The number of carbonyl (C=O) groups is 1. The molecule has 0 N–H and O–H groups in total. The maximum absolute atomic E-state index is 12.9. The van der Waals surface area contributed by atoms with Gasteiger partial charge in [0.2, 0.25) is 0 Å². The summed E-state index contributed by atoms with van der Waals surface area (Å²) in [6.45, 7) is 5.08. The van der Waals surface area contributed by atoms with E-state index in [-0.39, 0.29) is 5.97 Å². The summed E-state index contributed by atoms with van der Waals surface area (Å²) >= 11 is 0. The van der Waals surface area contributed by atoms with Crippen LogP contribution in [0.15, 0.2) is 24.3 Å². The van der Waals surface area contributed by atoms with E-state index in [0.29, 0.717) is 31.4 Å². The van der Waals surface area contributed by atoms with Gasteiger partial charge in [0.05, 0.1) is 19.2 Å². The molecule has 1 aromatic rings. The van der Waals surface area contributed by atoms with Gasteiger partial charge < -0.3 is 9.64 Å². The van der Waals surface area contributed by atoms with Gasteiger partial charge in [-0.3, -0.25) is 14.6 Å². The summed E-state index contributed by atoms with van der Waals surface area (Å²) in [5.41, 5.74) is 0.0219. The monoisotopic (exact) mass is 385 g/mol. The van der Waals surface area contributed by atoms with Gasteiger partial charge in [0.15, 0.2) is 0 Å². The van der Waals surface area contributed by atoms with E-state index in [1.165, 1.54) is 19.2 Å². The average Bonchev–Trinajstić information content (AvgIpc) is 2.68. The van der Waals surface area contributed by atoms with E-state index in [0.717, 1.165) is 45.1 Å². The fourth-order valence-corrected chi connectivity index (χ4v) is 3.94. The highest BCUT2D eigenvalue weighted by molar-refractivity contribution is 5.71. The van der Waals surface area contributed by atoms with E-state index in [2.05, 4.69) is 9.80 Å². The molecule has 0 aliphatic carbocycles. The fraction of sp³-hybridized carbons (Fsp3) is 0.632. The number of ether oxygens (including phenoxy) is 1. The number of carbonyl (C=O) groups excluding carboxylic acids is 1. The summed E-state index contributed by atoms with van der Waals surface area (Å²) in [4.78, 5) is 18.0. The first-order valence-electron chi connectivity index (χ1n) is 9.32. The number of benzene rings is 1. The third-order valence-corrected chi connectivity index (χ3v) is 5.43. The summed E-state index contributed by atoms with van der Waals surface area (Å²) in [6.07, 6.45) is -2.19. The Morgan fingerprint density at radius 1 is 1.19 bits per heavy atom. The van der Waals surface area contributed by atoms with Crippen molar-refractivity contribution in [1.82, 2.24) is 9.80 Å². The second-order valence-corrected chi connectivity index (χ2v) is 7.18. The Morgan fingerprint density at radius 3 is 2.59 bits per heavy atom. The molecule has 0 amide bonds. The zero-order valence-electron chi connectivity index (χ0n) is 15.5. The summed E-state index contributed by atoms with van der Waals surface area (Å²) in [5.74, 6) is -0.218. The number of esters is 1. The Labute approximate surface area is 157 Å². The molecule has 0 radical (unpaired) electrons. The lowest BCUT2D eigenvalue weighted by molar-refractivity contribution is -0.142. The highest BCUT2D eigenvalue weighted by atomic mass is 19.4. The van der Waals surface area contributed by atoms with Crippen LogP contribution in [0, 0.1) is 0 Å². The van der Waals surface area contributed by atoms with Crippen LogP contribution in [-0.4, -0.2) is 74.7 Å². The van der Waals surface area contributed by atoms with Gasteiger partial charge in [0.1, 0.15) is 0 Å². The predicted molar refractivity (Wildman–Crippen MR) is 96.7 cm³/mol. The molecule has 1 aromatic carbocycles. The van der Waals surface area contributed by atoms with Crippen LogP contribution in [0.4, 0.5) is 18.9 Å². The molecule has 8 heteroatoms. The molecule has 3 rings (SSSR count). The highest BCUT2D eigenvalue weighted by Crippen LogP contribution is 2.32. The number of nitrogens with zero attached hydrogens (tertiary/aromatic N) is 3. The molecule has 150 valence electrons. The maximum Gasteiger partial charge on any atom is 0.416 e. The fourth-order valence-electron chi connectivity index (χ4n) is 3.94. The Morgan fingerprint density at radius 2 is 1.93 bits per heavy atom. The van der Waals surface area contributed by atoms with Crippen LogP contribution in [0.3, 0.4) is 0 Å². The Bertz CT molecular complexity index is 645. The van der Waals surface area contributed by atoms with Crippen LogP contribution < -0.4 is 4.90 Å². The third kappa shape index (κ3) is 5.13. The van der Waals surface area contributed by atoms with Gasteiger partial charge in [-0.2, -0.15) is 13.2 Å². The molecule has 27 heavy (non-hydrogen) atoms. The van der Waals surface area contributed by atoms with Crippen molar-refractivity contribution in [3.05, 3.63) is 29.8 Å². The number of hydrogen-bond donors (Lipinski definition) is 0. The van der Waals surface area contributed by atoms with Crippen molar-refractivity contribution in [1.29, 1.82) is 0 Å². The number of piperidine rings is 1. The SMILES string of the molecule is COC(=O)CN1CCCC(N2CCN(c3cccc(C(F)(F)F)c3)CC2)C1. The molecule has 0 spiro atoms. The van der Waals surface area contributed by atoms with Gasteiger partial charge in [0.25, 0.3) is 0 Å². The second kappa shape index (κ2) is 8.48. The van der Waals surface area contributed by atoms with Crippen molar-refractivity contribution in [2.75, 3.05) is 57.8 Å². The molecule has 0 aromatic heterocycles. The van der Waals surface area contributed by atoms with Crippen LogP contribution >= 0.6 is 0 Å². The van der Waals surface area contributed by atoms with Gasteiger partial charge in [-0.05, 0) is 37.6 Å². The van der Waals surface area contributed by atoms with E-state index < -0.39 is 11.7 Å². The first-order chi connectivity index (χ1) is 12.9. The number of rotatable bonds is 4. The largest absolute Gasteiger partial charge is 0.468 e. The Balaban J connectivity index is 1.55. The third-order valence-electron chi connectivity index (χ3n) is 5.43. The highest BCUT2D eigenvalue weighted by Gasteiger charge is 2.32. The van der Waals surface area contributed by atoms with E-state index in [1.807, 2.05) is 4.90 Å². The maximum atomic E-state index is 12.9. The van der Waals surface area contributed by atoms with E-state index in [9.17, 15) is 18.0 Å². The molecule has 2 fully saturated rings. The van der Waals surface area contributed by atoms with Crippen molar-refractivity contribution >= 4 is 11.7 Å². The number of methoxy groups -OCH3 is 1. The number of hydrogen-bond acceptors (Lipinski definition) is 5. The standard InChI is InChI=1S/C19H26F3N3O2/c1-27-18(26)14-23-7-3-6-17(13-23)25-10-8-24(9-11-25)16-5-2-4-15(12-16)19(20,21)22/h2,4-5,12,17H,3,6-11,13-14H2,1H3. The lowest BCUT2D eigenvalue weighted by Gasteiger charge is -2.43. The van der Waals surface area contributed by atoms with Crippen molar-refractivity contribution in [2.45, 2.75) is 25.1 Å². The average molecular weight is 385 g/mol. The minimum atomic E-state index is -4.32. The molecule has 2 saturated heterocycles. The topological polar surface area (TPSA) is 36.0 Å². The smallest absolute Gasteiger partial charge is 0.416 e. The lowest BCUT2D eigenvalue weighted by Crippen LogP contribution is -2.55. The van der Waals surface area contributed by atoms with Gasteiger partial charge in [0, 0.05) is 44.5 Å². The van der Waals surface area contributed by atoms with Crippen LogP contribution in [0.1, 0.15) is 18.4 Å². The molecule has 2 aliphatic rings. The number of anilines is 1. The molecule has 0 bridgehead atoms. The predicted octanol–water partition coefficient (Wildman–Crippen LogP) is 2.46. The molecule has 1 atom stereocenters. The number of likely N-dealkylation sites (tertiary alicyclic amines) is 1. The van der Waals surface area contributed by atoms with Gasteiger partial charge >= 0.3 is 12.1 Å². The quantitative estimate of drug-likeness (QED) is 0.745. The normalized spacial score (nSPS) is 22.7. The molecule has 2 aliphatic heterocycles. The van der Waals surface area contributed by atoms with Gasteiger partial charge in [-0.15, -0.1) is 0 Å². The number of alkyl halides is 3. The number of piperazine rings is 1. The molecule has 0 saturated carbocycles. The zero-order valence-corrected chi connectivity index (χ0v) is 15.5. The van der Waals surface area contributed by atoms with Crippen molar-refractivity contribution < 1.29 is 22.7 Å². The molecular formula is C19H26F3N3O2. The molecule has 1 unspecified atom stereocenters. The van der Waals surface area contributed by atoms with Crippen LogP contribution in [0.25, 0.3) is 0 Å². The second-order valence-electron chi connectivity index (χ2n) is 7.18. The van der Waals surface area contributed by atoms with Crippen LogP contribution in [-0.2, 0) is 15.7 Å². The van der Waals surface area contributed by atoms with E-state index in [4.69, 9.17) is 4.74 Å². The molecule has 2 heterocycles. The molecule has 5 nitrogen and oxygen atoms in total. The summed E-state index contributed by atoms with van der Waals surface area (Å²) in [7, 11) is 1.40. The van der Waals surface area contributed by atoms with Crippen LogP contribution in [0.2, 0.25) is 0 Å². The van der Waals surface area contributed by atoms with Gasteiger partial charge in [-0.25, -0.2) is 0 Å². The van der Waals surface area contributed by atoms with Gasteiger partial charge in [-0.1, -0.05) is 6.07 Å². The summed E-state index contributed by atoms with van der Waals surface area (Å²) in [6, 6.07) is 5.93. The first kappa shape index (κ1) is 19.9. The zero-order chi connectivity index (χ0) is 19.4.